The number of hydrogen-bond donors (Lipinski definition) is 2. The zero-order chi connectivity index (χ0) is 10.7. The van der Waals surface area contributed by atoms with E-state index in [2.05, 4.69) is 4.74 Å². The summed E-state index contributed by atoms with van der Waals surface area (Å²) >= 11 is 1.43. The van der Waals surface area contributed by atoms with Crippen LogP contribution in [0.4, 0.5) is 11.4 Å². The Morgan fingerprint density at radius 1 is 1.43 bits per heavy atom. The number of esters is 1. The van der Waals surface area contributed by atoms with Crippen LogP contribution in [0.2, 0.25) is 0 Å². The number of carbonyl (C=O) groups excluding carboxylic acids is 1. The summed E-state index contributed by atoms with van der Waals surface area (Å²) in [5, 5.41) is 0. The largest absolute Gasteiger partial charge is 0.465 e. The Bertz CT molecular complexity index is 366. The molecule has 0 aromatic heterocycles. The molecule has 4 N–H and O–H groups in total. The lowest BCUT2D eigenvalue weighted by Gasteiger charge is -2.10. The number of nitrogens with two attached hydrogens (primary N) is 2. The zero-order valence-corrected chi connectivity index (χ0v) is 8.85. The van der Waals surface area contributed by atoms with Gasteiger partial charge in [-0.3, -0.25) is 0 Å². The highest BCUT2D eigenvalue weighted by Gasteiger charge is 2.16. The van der Waals surface area contributed by atoms with Gasteiger partial charge < -0.3 is 16.2 Å². The molecule has 0 bridgehead atoms. The van der Waals surface area contributed by atoms with Gasteiger partial charge in [-0.15, -0.1) is 11.8 Å². The van der Waals surface area contributed by atoms with Gasteiger partial charge in [-0.25, -0.2) is 4.79 Å². The van der Waals surface area contributed by atoms with Crippen molar-refractivity contribution in [2.75, 3.05) is 24.8 Å². The van der Waals surface area contributed by atoms with E-state index in [4.69, 9.17) is 11.5 Å². The molecule has 0 radical (unpaired) electrons. The second-order valence-electron chi connectivity index (χ2n) is 2.64. The fourth-order valence-electron chi connectivity index (χ4n) is 1.10. The van der Waals surface area contributed by atoms with E-state index in [9.17, 15) is 4.79 Å². The fourth-order valence-corrected chi connectivity index (χ4v) is 1.70. The van der Waals surface area contributed by atoms with E-state index in [1.54, 1.807) is 12.1 Å². The molecule has 0 saturated carbocycles. The first-order chi connectivity index (χ1) is 6.61. The van der Waals surface area contributed by atoms with Crippen LogP contribution < -0.4 is 11.5 Å². The molecule has 0 atom stereocenters. The lowest BCUT2D eigenvalue weighted by Crippen LogP contribution is -2.09. The highest BCUT2D eigenvalue weighted by molar-refractivity contribution is 7.98. The molecule has 0 aliphatic heterocycles. The molecular formula is C9H12N2O2S. The van der Waals surface area contributed by atoms with Gasteiger partial charge in [0.15, 0.2) is 0 Å². The van der Waals surface area contributed by atoms with Crippen molar-refractivity contribution in [2.24, 2.45) is 0 Å². The number of benzene rings is 1. The molecule has 1 aromatic rings. The van der Waals surface area contributed by atoms with Crippen LogP contribution in [0.1, 0.15) is 10.4 Å². The predicted molar refractivity (Wildman–Crippen MR) is 58.4 cm³/mol. The van der Waals surface area contributed by atoms with E-state index in [1.807, 2.05) is 6.26 Å². The number of rotatable bonds is 2. The molecule has 0 fully saturated rings. The summed E-state index contributed by atoms with van der Waals surface area (Å²) in [7, 11) is 1.31. The van der Waals surface area contributed by atoms with Crippen LogP contribution >= 0.6 is 11.8 Å². The number of carbonyl (C=O) groups is 1. The summed E-state index contributed by atoms with van der Waals surface area (Å²) < 4.78 is 4.63. The Morgan fingerprint density at radius 2 is 2.07 bits per heavy atom. The van der Waals surface area contributed by atoms with Crippen LogP contribution in [0.5, 0.6) is 0 Å². The molecule has 1 aromatic carbocycles. The molecule has 0 amide bonds. The second kappa shape index (κ2) is 4.23. The van der Waals surface area contributed by atoms with Crippen LogP contribution in [-0.2, 0) is 4.74 Å². The number of anilines is 2. The first-order valence-electron chi connectivity index (χ1n) is 3.92. The van der Waals surface area contributed by atoms with E-state index in [1.165, 1.54) is 18.9 Å². The summed E-state index contributed by atoms with van der Waals surface area (Å²) in [6.45, 7) is 0. The highest BCUT2D eigenvalue weighted by Crippen LogP contribution is 2.30. The zero-order valence-electron chi connectivity index (χ0n) is 8.03. The summed E-state index contributed by atoms with van der Waals surface area (Å²) in [5.74, 6) is -0.459. The van der Waals surface area contributed by atoms with Crippen molar-refractivity contribution in [3.8, 4) is 0 Å². The third-order valence-electron chi connectivity index (χ3n) is 1.85. The van der Waals surface area contributed by atoms with Crippen molar-refractivity contribution in [3.05, 3.63) is 17.7 Å². The molecule has 0 aliphatic rings. The smallest absolute Gasteiger partial charge is 0.341 e. The molecule has 0 aliphatic carbocycles. The molecule has 0 saturated heterocycles. The second-order valence-corrected chi connectivity index (χ2v) is 3.49. The maximum atomic E-state index is 11.4. The quantitative estimate of drug-likeness (QED) is 0.439. The number of thioether (sulfide) groups is 1. The average molecular weight is 212 g/mol. The molecule has 76 valence electrons. The topological polar surface area (TPSA) is 78.3 Å². The first-order valence-corrected chi connectivity index (χ1v) is 5.14. The lowest BCUT2D eigenvalue weighted by molar-refractivity contribution is 0.0598. The highest BCUT2D eigenvalue weighted by atomic mass is 32.2. The van der Waals surface area contributed by atoms with Crippen LogP contribution in [0.3, 0.4) is 0 Å². The third kappa shape index (κ3) is 1.77. The average Bonchev–Trinajstić information content (AvgIpc) is 2.20. The summed E-state index contributed by atoms with van der Waals surface area (Å²) in [6.07, 6.45) is 1.86. The summed E-state index contributed by atoms with van der Waals surface area (Å²) in [5.41, 5.74) is 12.3. The number of methoxy groups -OCH3 is 1. The molecular weight excluding hydrogens is 200 g/mol. The summed E-state index contributed by atoms with van der Waals surface area (Å²) in [6, 6.07) is 3.43. The molecule has 0 heterocycles. The van der Waals surface area contributed by atoms with Crippen molar-refractivity contribution in [1.82, 2.24) is 0 Å². The fraction of sp³-hybridized carbons (Fsp3) is 0.222. The minimum atomic E-state index is -0.459. The molecule has 0 unspecified atom stereocenters. The van der Waals surface area contributed by atoms with E-state index in [0.717, 1.165) is 4.90 Å². The minimum absolute atomic E-state index is 0.281. The normalized spacial score (nSPS) is 9.86. The van der Waals surface area contributed by atoms with Gasteiger partial charge in [-0.1, -0.05) is 0 Å². The maximum absolute atomic E-state index is 11.4. The van der Waals surface area contributed by atoms with Gasteiger partial charge >= 0.3 is 5.97 Å². The summed E-state index contributed by atoms with van der Waals surface area (Å²) in [4.78, 5) is 12.2. The van der Waals surface area contributed by atoms with Gasteiger partial charge in [0.25, 0.3) is 0 Å². The molecule has 14 heavy (non-hydrogen) atoms. The van der Waals surface area contributed by atoms with Gasteiger partial charge in [-0.2, -0.15) is 0 Å². The van der Waals surface area contributed by atoms with Gasteiger partial charge in [0.2, 0.25) is 0 Å². The lowest BCUT2D eigenvalue weighted by atomic mass is 10.1. The van der Waals surface area contributed by atoms with Gasteiger partial charge in [0.1, 0.15) is 0 Å². The number of hydrogen-bond acceptors (Lipinski definition) is 5. The molecule has 5 heteroatoms. The Morgan fingerprint density at radius 3 is 2.57 bits per heavy atom. The third-order valence-corrected chi connectivity index (χ3v) is 2.63. The Kier molecular flexibility index (Phi) is 3.24. The van der Waals surface area contributed by atoms with E-state index >= 15 is 0 Å². The maximum Gasteiger partial charge on any atom is 0.341 e. The van der Waals surface area contributed by atoms with E-state index in [-0.39, 0.29) is 5.69 Å². The first kappa shape index (κ1) is 10.7. The van der Waals surface area contributed by atoms with Crippen molar-refractivity contribution in [1.29, 1.82) is 0 Å². The van der Waals surface area contributed by atoms with Crippen LogP contribution in [0.25, 0.3) is 0 Å². The van der Waals surface area contributed by atoms with Crippen molar-refractivity contribution >= 4 is 29.1 Å². The van der Waals surface area contributed by atoms with Crippen molar-refractivity contribution in [2.45, 2.75) is 4.90 Å². The SMILES string of the molecule is COC(=O)c1c(SC)ccc(N)c1N. The van der Waals surface area contributed by atoms with Gasteiger partial charge in [-0.05, 0) is 18.4 Å². The number of ether oxygens (including phenoxy) is 1. The monoisotopic (exact) mass is 212 g/mol. The Balaban J connectivity index is 3.35. The van der Waals surface area contributed by atoms with E-state index in [0.29, 0.717) is 11.3 Å². The molecule has 4 nitrogen and oxygen atoms in total. The van der Waals surface area contributed by atoms with Crippen LogP contribution in [0, 0.1) is 0 Å². The molecule has 0 spiro atoms. The number of nitrogen functional groups attached to an aromatic ring is 2. The van der Waals surface area contributed by atoms with E-state index < -0.39 is 5.97 Å². The Hall–Kier alpha value is -1.36. The van der Waals surface area contributed by atoms with Crippen LogP contribution in [0.15, 0.2) is 17.0 Å². The van der Waals surface area contributed by atoms with Gasteiger partial charge in [0.05, 0.1) is 24.0 Å². The van der Waals surface area contributed by atoms with Crippen molar-refractivity contribution in [3.63, 3.8) is 0 Å². The minimum Gasteiger partial charge on any atom is -0.465 e. The Labute approximate surface area is 86.6 Å². The molecule has 1 rings (SSSR count). The predicted octanol–water partition coefficient (Wildman–Crippen LogP) is 1.36. The van der Waals surface area contributed by atoms with Crippen LogP contribution in [-0.4, -0.2) is 19.3 Å². The standard InChI is InChI=1S/C9H12N2O2S/c1-13-9(12)7-6(14-2)4-3-5(10)8(7)11/h3-4H,10-11H2,1-2H3. The van der Waals surface area contributed by atoms with Crippen molar-refractivity contribution < 1.29 is 9.53 Å². The van der Waals surface area contributed by atoms with Gasteiger partial charge in [0, 0.05) is 4.90 Å².